The minimum Gasteiger partial charge on any atom is -0.308 e. The van der Waals surface area contributed by atoms with Crippen LogP contribution in [0.5, 0.6) is 0 Å². The predicted octanol–water partition coefficient (Wildman–Crippen LogP) is 6.31. The summed E-state index contributed by atoms with van der Waals surface area (Å²) in [7, 11) is 0. The van der Waals surface area contributed by atoms with Gasteiger partial charge in [-0.3, -0.25) is 0 Å². The molecule has 0 aliphatic heterocycles. The van der Waals surface area contributed by atoms with Gasteiger partial charge in [0.15, 0.2) is 0 Å². The van der Waals surface area contributed by atoms with Gasteiger partial charge >= 0.3 is 0 Å². The Morgan fingerprint density at radius 2 is 1.33 bits per heavy atom. The van der Waals surface area contributed by atoms with Gasteiger partial charge in [-0.1, -0.05) is 52.3 Å². The van der Waals surface area contributed by atoms with Crippen molar-refractivity contribution in [1.82, 2.24) is 4.57 Å². The largest absolute Gasteiger partial charge is 0.308 e. The SMILES string of the molecule is Brc1ccc(Br)c2c1c1ccccc1n2-c1ccccc1. The Labute approximate surface area is 139 Å². The third kappa shape index (κ3) is 1.95. The van der Waals surface area contributed by atoms with E-state index in [-0.39, 0.29) is 0 Å². The van der Waals surface area contributed by atoms with Crippen LogP contribution in [0.25, 0.3) is 27.5 Å². The maximum atomic E-state index is 3.72. The fraction of sp³-hybridized carbons (Fsp3) is 0. The maximum Gasteiger partial charge on any atom is 0.0694 e. The van der Waals surface area contributed by atoms with Gasteiger partial charge in [-0.05, 0) is 46.3 Å². The second kappa shape index (κ2) is 5.00. The number of hydrogen-bond donors (Lipinski definition) is 0. The molecule has 0 radical (unpaired) electrons. The van der Waals surface area contributed by atoms with E-state index in [0.717, 1.165) is 8.95 Å². The van der Waals surface area contributed by atoms with E-state index in [2.05, 4.69) is 97.1 Å². The smallest absolute Gasteiger partial charge is 0.0694 e. The number of rotatable bonds is 1. The Balaban J connectivity index is 2.30. The van der Waals surface area contributed by atoms with E-state index in [1.54, 1.807) is 0 Å². The molecule has 3 aromatic carbocycles. The Morgan fingerprint density at radius 1 is 0.667 bits per heavy atom. The molecule has 21 heavy (non-hydrogen) atoms. The molecule has 0 N–H and O–H groups in total. The third-order valence-electron chi connectivity index (χ3n) is 3.73. The van der Waals surface area contributed by atoms with Gasteiger partial charge in [-0.25, -0.2) is 0 Å². The van der Waals surface area contributed by atoms with Crippen molar-refractivity contribution in [3.63, 3.8) is 0 Å². The average molecular weight is 401 g/mol. The van der Waals surface area contributed by atoms with Crippen LogP contribution in [0.4, 0.5) is 0 Å². The van der Waals surface area contributed by atoms with Crippen molar-refractivity contribution in [2.24, 2.45) is 0 Å². The van der Waals surface area contributed by atoms with Crippen molar-refractivity contribution in [1.29, 1.82) is 0 Å². The topological polar surface area (TPSA) is 4.93 Å². The van der Waals surface area contributed by atoms with Crippen LogP contribution in [0.2, 0.25) is 0 Å². The van der Waals surface area contributed by atoms with Gasteiger partial charge < -0.3 is 4.57 Å². The molecule has 1 aromatic heterocycles. The number of halogens is 2. The van der Waals surface area contributed by atoms with E-state index in [4.69, 9.17) is 0 Å². The minimum absolute atomic E-state index is 1.10. The van der Waals surface area contributed by atoms with Crippen LogP contribution >= 0.6 is 31.9 Å². The van der Waals surface area contributed by atoms with Crippen molar-refractivity contribution in [3.05, 3.63) is 75.7 Å². The van der Waals surface area contributed by atoms with E-state index in [1.807, 2.05) is 6.07 Å². The summed E-state index contributed by atoms with van der Waals surface area (Å²) in [5.74, 6) is 0. The lowest BCUT2D eigenvalue weighted by atomic mass is 10.2. The molecule has 0 bridgehead atoms. The van der Waals surface area contributed by atoms with Crippen molar-refractivity contribution in [2.45, 2.75) is 0 Å². The van der Waals surface area contributed by atoms with E-state index >= 15 is 0 Å². The normalized spacial score (nSPS) is 11.3. The first-order chi connectivity index (χ1) is 10.3. The van der Waals surface area contributed by atoms with E-state index < -0.39 is 0 Å². The second-order valence-corrected chi connectivity index (χ2v) is 6.65. The zero-order chi connectivity index (χ0) is 14.4. The van der Waals surface area contributed by atoms with Crippen LogP contribution in [-0.2, 0) is 0 Å². The number of hydrogen-bond acceptors (Lipinski definition) is 0. The molecule has 3 heteroatoms. The summed E-state index contributed by atoms with van der Waals surface area (Å²) in [6.45, 7) is 0. The lowest BCUT2D eigenvalue weighted by Gasteiger charge is -2.08. The highest BCUT2D eigenvalue weighted by atomic mass is 79.9. The summed E-state index contributed by atoms with van der Waals surface area (Å²) in [4.78, 5) is 0. The van der Waals surface area contributed by atoms with E-state index in [1.165, 1.54) is 27.5 Å². The van der Waals surface area contributed by atoms with Gasteiger partial charge in [0.2, 0.25) is 0 Å². The lowest BCUT2D eigenvalue weighted by Crippen LogP contribution is -1.93. The molecule has 0 amide bonds. The molecule has 1 nitrogen and oxygen atoms in total. The van der Waals surface area contributed by atoms with Gasteiger partial charge in [0.25, 0.3) is 0 Å². The van der Waals surface area contributed by atoms with Crippen molar-refractivity contribution < 1.29 is 0 Å². The Morgan fingerprint density at radius 3 is 2.14 bits per heavy atom. The summed E-state index contributed by atoms with van der Waals surface area (Å²) in [5, 5.41) is 2.49. The van der Waals surface area contributed by atoms with Crippen LogP contribution in [0.1, 0.15) is 0 Å². The number of benzene rings is 3. The summed E-state index contributed by atoms with van der Waals surface area (Å²) in [5.41, 5.74) is 3.57. The molecule has 0 saturated carbocycles. The van der Waals surface area contributed by atoms with Crippen LogP contribution in [-0.4, -0.2) is 4.57 Å². The summed E-state index contributed by atoms with van der Waals surface area (Å²) < 4.78 is 4.52. The molecule has 0 aliphatic rings. The fourth-order valence-electron chi connectivity index (χ4n) is 2.86. The Kier molecular flexibility index (Phi) is 3.12. The molecule has 0 fully saturated rings. The maximum absolute atomic E-state index is 3.72. The Hall–Kier alpha value is -1.58. The van der Waals surface area contributed by atoms with Crippen LogP contribution in [0.3, 0.4) is 0 Å². The summed E-state index contributed by atoms with van der Waals surface area (Å²) in [6, 6.07) is 23.2. The first-order valence-electron chi connectivity index (χ1n) is 6.70. The minimum atomic E-state index is 1.10. The molecule has 4 rings (SSSR count). The van der Waals surface area contributed by atoms with Gasteiger partial charge in [-0.15, -0.1) is 0 Å². The molecule has 0 atom stereocenters. The Bertz CT molecular complexity index is 955. The zero-order valence-electron chi connectivity index (χ0n) is 11.1. The highest BCUT2D eigenvalue weighted by Crippen LogP contribution is 2.39. The molecular weight excluding hydrogens is 390 g/mol. The molecule has 0 aliphatic carbocycles. The number of para-hydroxylation sites is 2. The molecule has 0 saturated heterocycles. The second-order valence-electron chi connectivity index (χ2n) is 4.94. The van der Waals surface area contributed by atoms with E-state index in [0.29, 0.717) is 0 Å². The highest BCUT2D eigenvalue weighted by molar-refractivity contribution is 9.11. The predicted molar refractivity (Wildman–Crippen MR) is 96.2 cm³/mol. The number of nitrogens with zero attached hydrogens (tertiary/aromatic N) is 1. The molecule has 102 valence electrons. The average Bonchev–Trinajstić information content (AvgIpc) is 2.88. The molecule has 4 aromatic rings. The van der Waals surface area contributed by atoms with Crippen molar-refractivity contribution in [2.75, 3.05) is 0 Å². The molecule has 0 spiro atoms. The third-order valence-corrected chi connectivity index (χ3v) is 5.03. The van der Waals surface area contributed by atoms with Crippen LogP contribution in [0, 0.1) is 0 Å². The van der Waals surface area contributed by atoms with Crippen molar-refractivity contribution in [3.8, 4) is 5.69 Å². The standard InChI is InChI=1S/C18H11Br2N/c19-14-10-11-15(20)18-17(14)13-8-4-5-9-16(13)21(18)12-6-2-1-3-7-12/h1-11H. The molecular formula is C18H11Br2N. The van der Waals surface area contributed by atoms with Gasteiger partial charge in [0.05, 0.1) is 11.0 Å². The quantitative estimate of drug-likeness (QED) is 0.353. The van der Waals surface area contributed by atoms with Crippen molar-refractivity contribution >= 4 is 53.7 Å². The summed E-state index contributed by atoms with van der Waals surface area (Å²) in [6.07, 6.45) is 0. The monoisotopic (exact) mass is 399 g/mol. The van der Waals surface area contributed by atoms with Crippen LogP contribution < -0.4 is 0 Å². The number of aromatic nitrogens is 1. The number of fused-ring (bicyclic) bond motifs is 3. The van der Waals surface area contributed by atoms with Gasteiger partial charge in [-0.2, -0.15) is 0 Å². The van der Waals surface area contributed by atoms with E-state index in [9.17, 15) is 0 Å². The molecule has 0 unspecified atom stereocenters. The molecule has 1 heterocycles. The first-order valence-corrected chi connectivity index (χ1v) is 8.28. The summed E-state index contributed by atoms with van der Waals surface area (Å²) >= 11 is 7.42. The fourth-order valence-corrected chi connectivity index (χ4v) is 3.90. The van der Waals surface area contributed by atoms with Crippen LogP contribution in [0.15, 0.2) is 75.7 Å². The zero-order valence-corrected chi connectivity index (χ0v) is 14.2. The van der Waals surface area contributed by atoms with Gasteiger partial charge in [0, 0.05) is 25.4 Å². The highest BCUT2D eigenvalue weighted by Gasteiger charge is 2.16. The first kappa shape index (κ1) is 13.1. The lowest BCUT2D eigenvalue weighted by molar-refractivity contribution is 1.18. The van der Waals surface area contributed by atoms with Gasteiger partial charge in [0.1, 0.15) is 0 Å².